The molecule has 2 aromatic rings. The molecule has 0 N–H and O–H groups in total. The average molecular weight is 199 g/mol. The molecule has 0 aliphatic carbocycles. The van der Waals surface area contributed by atoms with Crippen LogP contribution in [0.4, 0.5) is 0 Å². The summed E-state index contributed by atoms with van der Waals surface area (Å²) in [5.41, 5.74) is 2.27. The van der Waals surface area contributed by atoms with Crippen LogP contribution in [0.2, 0.25) is 0 Å². The van der Waals surface area contributed by atoms with E-state index >= 15 is 0 Å². The molecule has 1 heterocycles. The van der Waals surface area contributed by atoms with Crippen LogP contribution in [0, 0.1) is 6.92 Å². The monoisotopic (exact) mass is 199 g/mol. The highest BCUT2D eigenvalue weighted by Crippen LogP contribution is 2.05. The number of carbonyl (C=O) groups excluding carboxylic acids is 1. The topological polar surface area (TPSA) is 22.0 Å². The number of aromatic nitrogens is 1. The van der Waals surface area contributed by atoms with Crippen molar-refractivity contribution >= 4 is 5.91 Å². The van der Waals surface area contributed by atoms with Crippen molar-refractivity contribution in [1.29, 1.82) is 0 Å². The first-order chi connectivity index (χ1) is 7.25. The third kappa shape index (κ3) is 2.34. The van der Waals surface area contributed by atoms with Crippen LogP contribution in [0.3, 0.4) is 0 Å². The van der Waals surface area contributed by atoms with Crippen LogP contribution >= 0.6 is 0 Å². The Hall–Kier alpha value is -1.83. The lowest BCUT2D eigenvalue weighted by Crippen LogP contribution is -2.10. The summed E-state index contributed by atoms with van der Waals surface area (Å²) < 4.78 is 1.61. The second kappa shape index (κ2) is 4.13. The van der Waals surface area contributed by atoms with Gasteiger partial charge in [0.1, 0.15) is 0 Å². The predicted octanol–water partition coefficient (Wildman–Crippen LogP) is 2.68. The summed E-state index contributed by atoms with van der Waals surface area (Å²) in [4.78, 5) is 11.7. The largest absolute Gasteiger partial charge is 0.294 e. The summed E-state index contributed by atoms with van der Waals surface area (Å²) in [5, 5.41) is 0. The number of hydrogen-bond donors (Lipinski definition) is 0. The van der Waals surface area contributed by atoms with Crippen LogP contribution in [0.5, 0.6) is 0 Å². The fourth-order valence-corrected chi connectivity index (χ4v) is 1.47. The molecule has 0 saturated carbocycles. The highest BCUT2D eigenvalue weighted by molar-refractivity contribution is 5.81. The number of aryl methyl sites for hydroxylation is 1. The zero-order chi connectivity index (χ0) is 10.7. The van der Waals surface area contributed by atoms with E-state index in [9.17, 15) is 4.79 Å². The molecule has 0 aliphatic heterocycles. The molecule has 0 fully saturated rings. The summed E-state index contributed by atoms with van der Waals surface area (Å²) in [7, 11) is 0. The standard InChI is InChI=1S/C13H13NO/c1-11-4-6-12(7-5-11)10-13(15)14-8-2-3-9-14/h2-9H,10H2,1H3. The van der Waals surface area contributed by atoms with Gasteiger partial charge in [-0.2, -0.15) is 0 Å². The van der Waals surface area contributed by atoms with Gasteiger partial charge in [-0.1, -0.05) is 29.8 Å². The summed E-state index contributed by atoms with van der Waals surface area (Å²) in [5.74, 6) is 0.101. The molecule has 1 aromatic heterocycles. The Labute approximate surface area is 89.2 Å². The van der Waals surface area contributed by atoms with Crippen LogP contribution in [-0.4, -0.2) is 10.5 Å². The van der Waals surface area contributed by atoms with Crippen molar-refractivity contribution < 1.29 is 4.79 Å². The number of rotatable bonds is 2. The van der Waals surface area contributed by atoms with E-state index in [-0.39, 0.29) is 5.91 Å². The van der Waals surface area contributed by atoms with Gasteiger partial charge in [-0.3, -0.25) is 9.36 Å². The van der Waals surface area contributed by atoms with Gasteiger partial charge in [-0.15, -0.1) is 0 Å². The van der Waals surface area contributed by atoms with Crippen molar-refractivity contribution in [2.75, 3.05) is 0 Å². The van der Waals surface area contributed by atoms with Crippen molar-refractivity contribution in [3.05, 3.63) is 59.9 Å². The van der Waals surface area contributed by atoms with E-state index in [0.717, 1.165) is 5.56 Å². The van der Waals surface area contributed by atoms with Gasteiger partial charge in [0.15, 0.2) is 0 Å². The van der Waals surface area contributed by atoms with E-state index in [4.69, 9.17) is 0 Å². The SMILES string of the molecule is Cc1ccc(CC(=O)n2cccc2)cc1. The van der Waals surface area contributed by atoms with Gasteiger partial charge in [0.2, 0.25) is 5.91 Å². The highest BCUT2D eigenvalue weighted by atomic mass is 16.1. The minimum absolute atomic E-state index is 0.101. The maximum absolute atomic E-state index is 11.7. The molecule has 0 radical (unpaired) electrons. The van der Waals surface area contributed by atoms with Gasteiger partial charge < -0.3 is 0 Å². The molecule has 0 spiro atoms. The zero-order valence-electron chi connectivity index (χ0n) is 8.68. The molecule has 15 heavy (non-hydrogen) atoms. The Bertz CT molecular complexity index is 440. The van der Waals surface area contributed by atoms with E-state index in [0.29, 0.717) is 6.42 Å². The molecule has 0 unspecified atom stereocenters. The molecule has 0 aliphatic rings. The molecule has 0 saturated heterocycles. The molecule has 2 heteroatoms. The van der Waals surface area contributed by atoms with Crippen LogP contribution in [0.15, 0.2) is 48.8 Å². The summed E-state index contributed by atoms with van der Waals surface area (Å²) in [6.45, 7) is 2.04. The van der Waals surface area contributed by atoms with Crippen molar-refractivity contribution in [1.82, 2.24) is 4.57 Å². The molecule has 0 bridgehead atoms. The minimum Gasteiger partial charge on any atom is -0.294 e. The van der Waals surface area contributed by atoms with Gasteiger partial charge in [0.05, 0.1) is 6.42 Å². The van der Waals surface area contributed by atoms with Gasteiger partial charge in [0, 0.05) is 12.4 Å². The maximum Gasteiger partial charge on any atom is 0.234 e. The van der Waals surface area contributed by atoms with E-state index in [1.165, 1.54) is 5.56 Å². The first-order valence-electron chi connectivity index (χ1n) is 4.97. The fourth-order valence-electron chi connectivity index (χ4n) is 1.47. The summed E-state index contributed by atoms with van der Waals surface area (Å²) in [6.07, 6.45) is 4.00. The van der Waals surface area contributed by atoms with Gasteiger partial charge >= 0.3 is 0 Å². The van der Waals surface area contributed by atoms with Crippen LogP contribution in [0.25, 0.3) is 0 Å². The number of benzene rings is 1. The van der Waals surface area contributed by atoms with Gasteiger partial charge in [-0.25, -0.2) is 0 Å². The van der Waals surface area contributed by atoms with Crippen molar-refractivity contribution in [2.45, 2.75) is 13.3 Å². The van der Waals surface area contributed by atoms with Gasteiger partial charge in [0.25, 0.3) is 0 Å². The summed E-state index contributed by atoms with van der Waals surface area (Å²) in [6, 6.07) is 11.8. The second-order valence-corrected chi connectivity index (χ2v) is 3.65. The van der Waals surface area contributed by atoms with E-state index in [1.807, 2.05) is 43.3 Å². The molecular weight excluding hydrogens is 186 g/mol. The normalized spacial score (nSPS) is 10.2. The van der Waals surface area contributed by atoms with Crippen LogP contribution in [0.1, 0.15) is 15.9 Å². The maximum atomic E-state index is 11.7. The Kier molecular flexibility index (Phi) is 2.68. The van der Waals surface area contributed by atoms with E-state index in [1.54, 1.807) is 17.0 Å². The molecule has 76 valence electrons. The summed E-state index contributed by atoms with van der Waals surface area (Å²) >= 11 is 0. The van der Waals surface area contributed by atoms with Crippen molar-refractivity contribution in [3.63, 3.8) is 0 Å². The lowest BCUT2D eigenvalue weighted by molar-refractivity contribution is 0.0914. The molecule has 2 rings (SSSR count). The highest BCUT2D eigenvalue weighted by Gasteiger charge is 2.04. The first-order valence-corrected chi connectivity index (χ1v) is 4.97. The second-order valence-electron chi connectivity index (χ2n) is 3.65. The average Bonchev–Trinajstić information content (AvgIpc) is 2.74. The zero-order valence-corrected chi connectivity index (χ0v) is 8.68. The molecule has 0 amide bonds. The lowest BCUT2D eigenvalue weighted by Gasteiger charge is -2.02. The van der Waals surface area contributed by atoms with Crippen LogP contribution < -0.4 is 0 Å². The van der Waals surface area contributed by atoms with Crippen molar-refractivity contribution in [2.24, 2.45) is 0 Å². The Balaban J connectivity index is 2.09. The molecule has 1 aromatic carbocycles. The van der Waals surface area contributed by atoms with E-state index in [2.05, 4.69) is 0 Å². The molecular formula is C13H13NO. The Morgan fingerprint density at radius 2 is 1.73 bits per heavy atom. The van der Waals surface area contributed by atoms with Crippen molar-refractivity contribution in [3.8, 4) is 0 Å². The Morgan fingerprint density at radius 1 is 1.13 bits per heavy atom. The quantitative estimate of drug-likeness (QED) is 0.728. The lowest BCUT2D eigenvalue weighted by atomic mass is 10.1. The predicted molar refractivity (Wildman–Crippen MR) is 59.9 cm³/mol. The third-order valence-electron chi connectivity index (χ3n) is 2.37. The third-order valence-corrected chi connectivity index (χ3v) is 2.37. The fraction of sp³-hybridized carbons (Fsp3) is 0.154. The van der Waals surface area contributed by atoms with E-state index < -0.39 is 0 Å². The number of hydrogen-bond acceptors (Lipinski definition) is 1. The molecule has 0 atom stereocenters. The molecule has 2 nitrogen and oxygen atoms in total. The smallest absolute Gasteiger partial charge is 0.234 e. The number of nitrogens with zero attached hydrogens (tertiary/aromatic N) is 1. The minimum atomic E-state index is 0.101. The first kappa shape index (κ1) is 9.71. The Morgan fingerprint density at radius 3 is 2.33 bits per heavy atom. The van der Waals surface area contributed by atoms with Gasteiger partial charge in [-0.05, 0) is 24.6 Å². The number of carbonyl (C=O) groups is 1. The van der Waals surface area contributed by atoms with Crippen LogP contribution in [-0.2, 0) is 6.42 Å².